The zero-order chi connectivity index (χ0) is 25.2. The summed E-state index contributed by atoms with van der Waals surface area (Å²) in [6.07, 6.45) is 1.57. The fraction of sp³-hybridized carbons (Fsp3) is 0.138. The molecule has 0 fully saturated rings. The molecule has 0 N–H and O–H groups in total. The Morgan fingerprint density at radius 2 is 1.67 bits per heavy atom. The van der Waals surface area contributed by atoms with Crippen molar-refractivity contribution in [1.82, 2.24) is 9.38 Å². The normalized spacial score (nSPS) is 11.0. The van der Waals surface area contributed by atoms with Gasteiger partial charge in [-0.15, -0.1) is 0 Å². The number of hydrogen-bond acceptors (Lipinski definition) is 6. The highest BCUT2D eigenvalue weighted by atomic mass is 16.5. The summed E-state index contributed by atoms with van der Waals surface area (Å²) in [5.74, 6) is 0.159. The molecule has 7 heteroatoms. The number of ether oxygens (including phenoxy) is 3. The van der Waals surface area contributed by atoms with E-state index >= 15 is 0 Å². The molecule has 36 heavy (non-hydrogen) atoms. The number of rotatable bonds is 7. The van der Waals surface area contributed by atoms with Crippen LogP contribution in [0.4, 0.5) is 0 Å². The Bertz CT molecular complexity index is 1610. The molecule has 3 aromatic carbocycles. The van der Waals surface area contributed by atoms with Gasteiger partial charge in [0, 0.05) is 11.1 Å². The minimum atomic E-state index is -0.503. The van der Waals surface area contributed by atoms with Crippen LogP contribution in [0.5, 0.6) is 11.5 Å². The molecular formula is C29H24N2O5. The topological polar surface area (TPSA) is 79.1 Å². The van der Waals surface area contributed by atoms with E-state index in [1.807, 2.05) is 48.5 Å². The number of fused-ring (bicyclic) bond motifs is 2. The van der Waals surface area contributed by atoms with Crippen molar-refractivity contribution in [3.8, 4) is 22.8 Å². The molecule has 0 unspecified atom stereocenters. The van der Waals surface area contributed by atoms with E-state index in [9.17, 15) is 9.59 Å². The molecule has 0 aliphatic heterocycles. The lowest BCUT2D eigenvalue weighted by Crippen LogP contribution is -2.06. The number of hydrogen-bond donors (Lipinski definition) is 0. The SMILES string of the molecule is CCOC(=O)c1cc(C(=O)c2ccc(OC)c(OC)c2)n2cnc(-c3cccc4ccccc34)cc12. The Morgan fingerprint density at radius 3 is 2.44 bits per heavy atom. The van der Waals surface area contributed by atoms with Crippen molar-refractivity contribution < 1.29 is 23.8 Å². The molecule has 5 rings (SSSR count). The second-order valence-electron chi connectivity index (χ2n) is 8.12. The standard InChI is InChI=1S/C29H24N2O5/c1-4-36-29(33)22-15-25(28(32)19-12-13-26(34-2)27(14-19)35-3)31-17-30-23(16-24(22)31)21-11-7-9-18-8-5-6-10-20(18)21/h5-17H,4H2,1-3H3. The van der Waals surface area contributed by atoms with Crippen LogP contribution >= 0.6 is 0 Å². The highest BCUT2D eigenvalue weighted by Gasteiger charge is 2.23. The summed E-state index contributed by atoms with van der Waals surface area (Å²) in [6.45, 7) is 1.96. The molecule has 0 aliphatic carbocycles. The maximum Gasteiger partial charge on any atom is 0.340 e. The highest BCUT2D eigenvalue weighted by Crippen LogP contribution is 2.32. The van der Waals surface area contributed by atoms with Gasteiger partial charge in [0.2, 0.25) is 5.78 Å². The fourth-order valence-electron chi connectivity index (χ4n) is 4.37. The molecule has 0 radical (unpaired) electrons. The van der Waals surface area contributed by atoms with Gasteiger partial charge in [0.15, 0.2) is 11.5 Å². The lowest BCUT2D eigenvalue weighted by Gasteiger charge is -2.10. The summed E-state index contributed by atoms with van der Waals surface area (Å²) >= 11 is 0. The number of esters is 1. The molecule has 2 aromatic heterocycles. The Kier molecular flexibility index (Phi) is 6.12. The molecule has 2 heterocycles. The first-order chi connectivity index (χ1) is 17.5. The van der Waals surface area contributed by atoms with E-state index in [-0.39, 0.29) is 18.1 Å². The van der Waals surface area contributed by atoms with Gasteiger partial charge in [-0.3, -0.25) is 9.20 Å². The van der Waals surface area contributed by atoms with E-state index in [1.165, 1.54) is 14.2 Å². The van der Waals surface area contributed by atoms with E-state index in [2.05, 4.69) is 4.98 Å². The van der Waals surface area contributed by atoms with Crippen LogP contribution in [-0.2, 0) is 4.74 Å². The summed E-state index contributed by atoms with van der Waals surface area (Å²) < 4.78 is 17.6. The second kappa shape index (κ2) is 9.54. The van der Waals surface area contributed by atoms with Crippen molar-refractivity contribution >= 4 is 28.0 Å². The molecule has 5 aromatic rings. The highest BCUT2D eigenvalue weighted by molar-refractivity contribution is 6.12. The van der Waals surface area contributed by atoms with Gasteiger partial charge in [0.05, 0.1) is 43.3 Å². The first kappa shape index (κ1) is 23.1. The number of benzene rings is 3. The third kappa shape index (κ3) is 3.94. The number of ketones is 1. The maximum absolute atomic E-state index is 13.6. The summed E-state index contributed by atoms with van der Waals surface area (Å²) in [7, 11) is 3.04. The molecule has 7 nitrogen and oxygen atoms in total. The van der Waals surface area contributed by atoms with E-state index in [0.29, 0.717) is 33.8 Å². The molecular weight excluding hydrogens is 456 g/mol. The first-order valence-corrected chi connectivity index (χ1v) is 11.5. The lowest BCUT2D eigenvalue weighted by atomic mass is 10.0. The summed E-state index contributed by atoms with van der Waals surface area (Å²) in [5, 5.41) is 2.13. The van der Waals surface area contributed by atoms with E-state index in [0.717, 1.165) is 16.3 Å². The minimum Gasteiger partial charge on any atom is -0.493 e. The Hall–Kier alpha value is -4.65. The quantitative estimate of drug-likeness (QED) is 0.224. The molecule has 0 atom stereocenters. The van der Waals surface area contributed by atoms with Crippen LogP contribution in [0, 0.1) is 0 Å². The largest absolute Gasteiger partial charge is 0.493 e. The molecule has 0 spiro atoms. The van der Waals surface area contributed by atoms with Crippen molar-refractivity contribution in [2.45, 2.75) is 6.92 Å². The van der Waals surface area contributed by atoms with Crippen molar-refractivity contribution in [3.05, 3.63) is 95.9 Å². The van der Waals surface area contributed by atoms with Gasteiger partial charge in [-0.2, -0.15) is 0 Å². The average Bonchev–Trinajstić information content (AvgIpc) is 3.31. The van der Waals surface area contributed by atoms with Crippen molar-refractivity contribution in [2.24, 2.45) is 0 Å². The van der Waals surface area contributed by atoms with Gasteiger partial charge < -0.3 is 14.2 Å². The Balaban J connectivity index is 1.68. The average molecular weight is 481 g/mol. The Labute approximate surface area is 207 Å². The second-order valence-corrected chi connectivity index (χ2v) is 8.12. The maximum atomic E-state index is 13.6. The van der Waals surface area contributed by atoms with Gasteiger partial charge in [-0.25, -0.2) is 9.78 Å². The van der Waals surface area contributed by atoms with Crippen LogP contribution in [0.15, 0.2) is 79.1 Å². The number of methoxy groups -OCH3 is 2. The van der Waals surface area contributed by atoms with E-state index in [4.69, 9.17) is 14.2 Å². The zero-order valence-corrected chi connectivity index (χ0v) is 20.1. The van der Waals surface area contributed by atoms with E-state index < -0.39 is 5.97 Å². The number of aromatic nitrogens is 2. The van der Waals surface area contributed by atoms with Crippen molar-refractivity contribution in [3.63, 3.8) is 0 Å². The first-order valence-electron chi connectivity index (χ1n) is 11.5. The molecule has 0 amide bonds. The van der Waals surface area contributed by atoms with Crippen LogP contribution in [0.1, 0.15) is 33.3 Å². The number of carbonyl (C=O) groups is 2. The van der Waals surface area contributed by atoms with Crippen LogP contribution < -0.4 is 9.47 Å². The third-order valence-electron chi connectivity index (χ3n) is 6.10. The third-order valence-corrected chi connectivity index (χ3v) is 6.10. The predicted molar refractivity (Wildman–Crippen MR) is 137 cm³/mol. The molecule has 0 aliphatic rings. The number of carbonyl (C=O) groups excluding carboxylic acids is 2. The van der Waals surface area contributed by atoms with Crippen molar-refractivity contribution in [1.29, 1.82) is 0 Å². The number of nitrogens with zero attached hydrogens (tertiary/aromatic N) is 2. The molecule has 180 valence electrons. The predicted octanol–water partition coefficient (Wildman–Crippen LogP) is 5.58. The van der Waals surface area contributed by atoms with Crippen LogP contribution in [0.3, 0.4) is 0 Å². The van der Waals surface area contributed by atoms with Gasteiger partial charge in [0.25, 0.3) is 0 Å². The van der Waals surface area contributed by atoms with Crippen LogP contribution in [-0.4, -0.2) is 42.0 Å². The van der Waals surface area contributed by atoms with Gasteiger partial charge in [-0.05, 0) is 48.0 Å². The van der Waals surface area contributed by atoms with Gasteiger partial charge >= 0.3 is 5.97 Å². The van der Waals surface area contributed by atoms with Crippen LogP contribution in [0.2, 0.25) is 0 Å². The summed E-state index contributed by atoms with van der Waals surface area (Å²) in [5.41, 5.74) is 3.13. The minimum absolute atomic E-state index is 0.219. The fourth-order valence-corrected chi connectivity index (χ4v) is 4.37. The van der Waals surface area contributed by atoms with Gasteiger partial charge in [-0.1, -0.05) is 42.5 Å². The summed E-state index contributed by atoms with van der Waals surface area (Å²) in [4.78, 5) is 31.1. The smallest absolute Gasteiger partial charge is 0.340 e. The zero-order valence-electron chi connectivity index (χ0n) is 20.1. The Morgan fingerprint density at radius 1 is 0.889 bits per heavy atom. The monoisotopic (exact) mass is 480 g/mol. The summed E-state index contributed by atoms with van der Waals surface area (Å²) in [6, 6.07) is 22.4. The molecule has 0 bridgehead atoms. The molecule has 0 saturated carbocycles. The molecule has 0 saturated heterocycles. The lowest BCUT2D eigenvalue weighted by molar-refractivity contribution is 0.0529. The van der Waals surface area contributed by atoms with Gasteiger partial charge in [0.1, 0.15) is 6.33 Å². The van der Waals surface area contributed by atoms with Crippen LogP contribution in [0.25, 0.3) is 27.5 Å². The van der Waals surface area contributed by atoms with Crippen molar-refractivity contribution in [2.75, 3.05) is 20.8 Å². The van der Waals surface area contributed by atoms with E-state index in [1.54, 1.807) is 41.9 Å².